The predicted molar refractivity (Wildman–Crippen MR) is 117 cm³/mol. The van der Waals surface area contributed by atoms with Gasteiger partial charge in [-0.05, 0) is 59.7 Å². The van der Waals surface area contributed by atoms with E-state index in [0.717, 1.165) is 44.7 Å². The summed E-state index contributed by atoms with van der Waals surface area (Å²) in [5.41, 5.74) is 4.51. The summed E-state index contributed by atoms with van der Waals surface area (Å²) in [6, 6.07) is 26.7. The molecule has 0 saturated carbocycles. The first-order valence-corrected chi connectivity index (χ1v) is 9.50. The molecule has 0 bridgehead atoms. The Kier molecular flexibility index (Phi) is 5.13. The lowest BCUT2D eigenvalue weighted by Gasteiger charge is -2.18. The molecule has 0 N–H and O–H groups in total. The summed E-state index contributed by atoms with van der Waals surface area (Å²) in [4.78, 5) is 0. The van der Waals surface area contributed by atoms with Crippen LogP contribution < -0.4 is 9.47 Å². The van der Waals surface area contributed by atoms with Crippen LogP contribution in [0.3, 0.4) is 0 Å². The zero-order chi connectivity index (χ0) is 19.5. The first-order chi connectivity index (χ1) is 13.7. The first-order valence-electron chi connectivity index (χ1n) is 9.09. The molecule has 140 valence electrons. The van der Waals surface area contributed by atoms with Crippen molar-refractivity contribution in [2.24, 2.45) is 0 Å². The van der Waals surface area contributed by atoms with Gasteiger partial charge >= 0.3 is 0 Å². The Hall–Kier alpha value is -3.11. The molecule has 0 spiro atoms. The lowest BCUT2D eigenvalue weighted by atomic mass is 10.1. The second-order valence-corrected chi connectivity index (χ2v) is 7.01. The van der Waals surface area contributed by atoms with Gasteiger partial charge in [-0.2, -0.15) is 0 Å². The smallest absolute Gasteiger partial charge is 0.118 e. The van der Waals surface area contributed by atoms with Crippen molar-refractivity contribution < 1.29 is 9.47 Å². The molecule has 0 unspecified atom stereocenters. The minimum absolute atomic E-state index is 0.738. The summed E-state index contributed by atoms with van der Waals surface area (Å²) in [5, 5.41) is 1.09. The summed E-state index contributed by atoms with van der Waals surface area (Å²) in [5.74, 6) is 1.69. The summed E-state index contributed by atoms with van der Waals surface area (Å²) >= 11 is 5.69. The van der Waals surface area contributed by atoms with Gasteiger partial charge in [-0.15, -0.1) is 0 Å². The van der Waals surface area contributed by atoms with E-state index in [4.69, 9.17) is 21.7 Å². The maximum atomic E-state index is 5.69. The Labute approximate surface area is 169 Å². The molecule has 0 aliphatic carbocycles. The summed E-state index contributed by atoms with van der Waals surface area (Å²) in [6.07, 6.45) is 0. The number of pyridine rings is 1. The molecule has 28 heavy (non-hydrogen) atoms. The van der Waals surface area contributed by atoms with E-state index < -0.39 is 0 Å². The number of nitrogens with zero attached hydrogens (tertiary/aromatic N) is 1. The molecule has 3 aromatic carbocycles. The number of hydrogen-bond donors (Lipinski definition) is 0. The number of ether oxygens (including phenoxy) is 2. The standard InChI is InChI=1S/C24H21NO2S/c1-26-19-11-7-17(8-12-19)16-25-22-6-4-3-5-21(22)24(28)15-23(25)18-9-13-20(27-2)14-10-18/h3-15H,16H2,1-2H3. The number of methoxy groups -OCH3 is 2. The second-order valence-electron chi connectivity index (χ2n) is 6.57. The lowest BCUT2D eigenvalue weighted by Crippen LogP contribution is -2.06. The number of benzene rings is 3. The highest BCUT2D eigenvalue weighted by atomic mass is 32.1. The molecule has 0 saturated heterocycles. The molecular weight excluding hydrogens is 366 g/mol. The highest BCUT2D eigenvalue weighted by Gasteiger charge is 2.10. The van der Waals surface area contributed by atoms with Crippen LogP contribution in [-0.4, -0.2) is 18.8 Å². The fourth-order valence-corrected chi connectivity index (χ4v) is 3.70. The first kappa shape index (κ1) is 18.3. The van der Waals surface area contributed by atoms with E-state index in [1.165, 1.54) is 5.56 Å². The molecule has 4 rings (SSSR count). The van der Waals surface area contributed by atoms with E-state index in [-0.39, 0.29) is 0 Å². The minimum Gasteiger partial charge on any atom is -0.497 e. The van der Waals surface area contributed by atoms with Crippen molar-refractivity contribution in [1.82, 2.24) is 4.57 Å². The predicted octanol–water partition coefficient (Wildman–Crippen LogP) is 6.10. The van der Waals surface area contributed by atoms with E-state index in [1.807, 2.05) is 30.3 Å². The number of fused-ring (bicyclic) bond motifs is 1. The van der Waals surface area contributed by atoms with Gasteiger partial charge in [0.2, 0.25) is 0 Å². The Morgan fingerprint density at radius 1 is 0.786 bits per heavy atom. The van der Waals surface area contributed by atoms with Crippen molar-refractivity contribution in [1.29, 1.82) is 0 Å². The van der Waals surface area contributed by atoms with Gasteiger partial charge in [0.1, 0.15) is 11.5 Å². The van der Waals surface area contributed by atoms with Crippen LogP contribution in [0, 0.1) is 4.51 Å². The maximum absolute atomic E-state index is 5.69. The third-order valence-corrected chi connectivity index (χ3v) is 5.24. The van der Waals surface area contributed by atoms with Gasteiger partial charge in [0.15, 0.2) is 0 Å². The molecule has 3 nitrogen and oxygen atoms in total. The minimum atomic E-state index is 0.738. The normalized spacial score (nSPS) is 10.8. The molecule has 0 aliphatic heterocycles. The number of aromatic nitrogens is 1. The Morgan fingerprint density at radius 3 is 2.04 bits per heavy atom. The van der Waals surface area contributed by atoms with Crippen molar-refractivity contribution in [3.63, 3.8) is 0 Å². The molecule has 4 aromatic rings. The molecule has 0 amide bonds. The van der Waals surface area contributed by atoms with Gasteiger partial charge < -0.3 is 14.0 Å². The summed E-state index contributed by atoms with van der Waals surface area (Å²) in [7, 11) is 3.36. The van der Waals surface area contributed by atoms with Crippen LogP contribution >= 0.6 is 12.2 Å². The van der Waals surface area contributed by atoms with Gasteiger partial charge in [-0.1, -0.05) is 42.5 Å². The number of rotatable bonds is 5. The Bertz CT molecular complexity index is 1160. The zero-order valence-electron chi connectivity index (χ0n) is 15.9. The Morgan fingerprint density at radius 2 is 1.39 bits per heavy atom. The summed E-state index contributed by atoms with van der Waals surface area (Å²) < 4.78 is 13.8. The van der Waals surface area contributed by atoms with E-state index in [9.17, 15) is 0 Å². The molecule has 1 aromatic heterocycles. The lowest BCUT2D eigenvalue weighted by molar-refractivity contribution is 0.414. The topological polar surface area (TPSA) is 23.4 Å². The van der Waals surface area contributed by atoms with E-state index in [1.54, 1.807) is 14.2 Å². The molecule has 0 atom stereocenters. The van der Waals surface area contributed by atoms with Crippen molar-refractivity contribution in [2.45, 2.75) is 6.54 Å². The largest absolute Gasteiger partial charge is 0.497 e. The molecule has 4 heteroatoms. The number of para-hydroxylation sites is 1. The second kappa shape index (κ2) is 7.87. The van der Waals surface area contributed by atoms with Crippen LogP contribution in [0.15, 0.2) is 78.9 Å². The molecule has 0 aliphatic rings. The van der Waals surface area contributed by atoms with Gasteiger partial charge in [0.05, 0.1) is 25.4 Å². The maximum Gasteiger partial charge on any atom is 0.118 e. The van der Waals surface area contributed by atoms with Crippen molar-refractivity contribution >= 4 is 23.1 Å². The highest BCUT2D eigenvalue weighted by Crippen LogP contribution is 2.29. The average molecular weight is 388 g/mol. The van der Waals surface area contributed by atoms with Gasteiger partial charge in [0, 0.05) is 16.4 Å². The van der Waals surface area contributed by atoms with E-state index in [2.05, 4.69) is 53.1 Å². The van der Waals surface area contributed by atoms with Crippen LogP contribution in [0.1, 0.15) is 5.56 Å². The highest BCUT2D eigenvalue weighted by molar-refractivity contribution is 7.71. The van der Waals surface area contributed by atoms with Crippen LogP contribution in [0.5, 0.6) is 11.5 Å². The van der Waals surface area contributed by atoms with E-state index in [0.29, 0.717) is 0 Å². The van der Waals surface area contributed by atoms with Crippen molar-refractivity contribution in [3.05, 3.63) is 88.9 Å². The molecule has 0 fully saturated rings. The van der Waals surface area contributed by atoms with E-state index >= 15 is 0 Å². The fraction of sp³-hybridized carbons (Fsp3) is 0.125. The van der Waals surface area contributed by atoms with Gasteiger partial charge in [-0.25, -0.2) is 0 Å². The quantitative estimate of drug-likeness (QED) is 0.386. The fourth-order valence-electron chi connectivity index (χ4n) is 3.41. The average Bonchev–Trinajstić information content (AvgIpc) is 2.76. The van der Waals surface area contributed by atoms with Gasteiger partial charge in [0.25, 0.3) is 0 Å². The third-order valence-electron chi connectivity index (χ3n) is 4.90. The monoisotopic (exact) mass is 387 g/mol. The summed E-state index contributed by atoms with van der Waals surface area (Å²) in [6.45, 7) is 0.738. The molecule has 1 heterocycles. The zero-order valence-corrected chi connectivity index (χ0v) is 16.7. The Balaban J connectivity index is 1.89. The number of hydrogen-bond acceptors (Lipinski definition) is 3. The van der Waals surface area contributed by atoms with Crippen LogP contribution in [0.25, 0.3) is 22.2 Å². The van der Waals surface area contributed by atoms with Crippen molar-refractivity contribution in [3.8, 4) is 22.8 Å². The van der Waals surface area contributed by atoms with Crippen LogP contribution in [0.4, 0.5) is 0 Å². The molecule has 0 radical (unpaired) electrons. The van der Waals surface area contributed by atoms with Gasteiger partial charge in [-0.3, -0.25) is 0 Å². The van der Waals surface area contributed by atoms with Crippen LogP contribution in [0.2, 0.25) is 0 Å². The molecular formula is C24H21NO2S. The van der Waals surface area contributed by atoms with Crippen LogP contribution in [-0.2, 0) is 6.54 Å². The third kappa shape index (κ3) is 3.51. The van der Waals surface area contributed by atoms with Crippen molar-refractivity contribution in [2.75, 3.05) is 14.2 Å². The SMILES string of the molecule is COc1ccc(Cn2c(-c3ccc(OC)cc3)cc(=S)c3ccccc32)cc1.